The monoisotopic (exact) mass is 277 g/mol. The van der Waals surface area contributed by atoms with Crippen molar-refractivity contribution in [2.24, 2.45) is 5.92 Å². The molecule has 1 aliphatic heterocycles. The van der Waals surface area contributed by atoms with Gasteiger partial charge in [-0.05, 0) is 25.0 Å². The fourth-order valence-electron chi connectivity index (χ4n) is 2.49. The number of carbonyl (C=O) groups excluding carboxylic acids is 2. The summed E-state index contributed by atoms with van der Waals surface area (Å²) in [6, 6.07) is 3.47. The number of aromatic nitrogens is 1. The molecule has 0 radical (unpaired) electrons. The van der Waals surface area contributed by atoms with E-state index in [1.807, 2.05) is 4.90 Å². The zero-order chi connectivity index (χ0) is 14.5. The van der Waals surface area contributed by atoms with Gasteiger partial charge in [0, 0.05) is 26.3 Å². The van der Waals surface area contributed by atoms with Crippen LogP contribution in [0.3, 0.4) is 0 Å². The van der Waals surface area contributed by atoms with E-state index in [-0.39, 0.29) is 17.8 Å². The first-order chi connectivity index (χ1) is 9.67. The highest BCUT2D eigenvalue weighted by molar-refractivity contribution is 5.98. The van der Waals surface area contributed by atoms with Gasteiger partial charge in [0.1, 0.15) is 5.82 Å². The van der Waals surface area contributed by atoms with Gasteiger partial charge in [0.25, 0.3) is 5.91 Å². The molecule has 1 fully saturated rings. The number of anilines is 1. The molecule has 0 saturated carbocycles. The molecule has 1 N–H and O–H groups in total. The quantitative estimate of drug-likeness (QED) is 0.829. The van der Waals surface area contributed by atoms with Crippen molar-refractivity contribution < 1.29 is 14.3 Å². The third-order valence-electron chi connectivity index (χ3n) is 3.51. The van der Waals surface area contributed by atoms with Crippen molar-refractivity contribution in [2.75, 3.05) is 32.1 Å². The Kier molecular flexibility index (Phi) is 4.55. The first kappa shape index (κ1) is 14.3. The maximum atomic E-state index is 11.9. The van der Waals surface area contributed by atoms with Gasteiger partial charge in [0.2, 0.25) is 0 Å². The summed E-state index contributed by atoms with van der Waals surface area (Å²) < 4.78 is 4.81. The zero-order valence-electron chi connectivity index (χ0n) is 11.8. The van der Waals surface area contributed by atoms with E-state index in [0.29, 0.717) is 17.9 Å². The zero-order valence-corrected chi connectivity index (χ0v) is 11.8. The molecular formula is C14H19N3O3. The highest BCUT2D eigenvalue weighted by Gasteiger charge is 2.28. The van der Waals surface area contributed by atoms with Crippen LogP contribution in [0.2, 0.25) is 0 Å². The molecule has 0 unspecified atom stereocenters. The maximum Gasteiger partial charge on any atom is 0.310 e. The van der Waals surface area contributed by atoms with Crippen LogP contribution in [0.15, 0.2) is 18.3 Å². The number of nitrogens with one attached hydrogen (secondary N) is 1. The largest absolute Gasteiger partial charge is 0.469 e. The lowest BCUT2D eigenvalue weighted by molar-refractivity contribution is -0.145. The average molecular weight is 277 g/mol. The number of amides is 1. The summed E-state index contributed by atoms with van der Waals surface area (Å²) in [4.78, 5) is 29.8. The van der Waals surface area contributed by atoms with Crippen molar-refractivity contribution in [1.29, 1.82) is 0 Å². The molecule has 0 bridgehead atoms. The van der Waals surface area contributed by atoms with Crippen LogP contribution in [-0.2, 0) is 9.53 Å². The molecule has 6 nitrogen and oxygen atoms in total. The minimum absolute atomic E-state index is 0.159. The Balaban J connectivity index is 2.23. The fourth-order valence-corrected chi connectivity index (χ4v) is 2.49. The van der Waals surface area contributed by atoms with Crippen molar-refractivity contribution in [1.82, 2.24) is 10.3 Å². The summed E-state index contributed by atoms with van der Waals surface area (Å²) in [5.41, 5.74) is 0.528. The summed E-state index contributed by atoms with van der Waals surface area (Å²) in [6.07, 6.45) is 3.35. The molecule has 1 saturated heterocycles. The molecule has 2 rings (SSSR count). The number of carbonyl (C=O) groups is 2. The van der Waals surface area contributed by atoms with Gasteiger partial charge < -0.3 is 15.0 Å². The second-order valence-corrected chi connectivity index (χ2v) is 4.76. The SMILES string of the molecule is CNC(=O)c1cccnc1N1CCC[C@@H](C(=O)OC)C1. The van der Waals surface area contributed by atoms with E-state index in [2.05, 4.69) is 10.3 Å². The van der Waals surface area contributed by atoms with E-state index < -0.39 is 0 Å². The molecule has 0 spiro atoms. The molecule has 1 aliphatic rings. The molecule has 20 heavy (non-hydrogen) atoms. The number of esters is 1. The highest BCUT2D eigenvalue weighted by Crippen LogP contribution is 2.25. The van der Waals surface area contributed by atoms with E-state index >= 15 is 0 Å². The van der Waals surface area contributed by atoms with Gasteiger partial charge in [-0.2, -0.15) is 0 Å². The van der Waals surface area contributed by atoms with E-state index in [9.17, 15) is 9.59 Å². The van der Waals surface area contributed by atoms with Gasteiger partial charge in [0.15, 0.2) is 0 Å². The van der Waals surface area contributed by atoms with Gasteiger partial charge in [0.05, 0.1) is 18.6 Å². The summed E-state index contributed by atoms with van der Waals surface area (Å²) in [7, 11) is 2.99. The number of hydrogen-bond donors (Lipinski definition) is 1. The molecule has 1 aromatic rings. The molecular weight excluding hydrogens is 258 g/mol. The lowest BCUT2D eigenvalue weighted by Crippen LogP contribution is -2.40. The third kappa shape index (κ3) is 2.89. The van der Waals surface area contributed by atoms with Crippen LogP contribution >= 0.6 is 0 Å². The second-order valence-electron chi connectivity index (χ2n) is 4.76. The second kappa shape index (κ2) is 6.36. The molecule has 6 heteroatoms. The van der Waals surface area contributed by atoms with Crippen LogP contribution in [0.4, 0.5) is 5.82 Å². The first-order valence-corrected chi connectivity index (χ1v) is 6.67. The van der Waals surface area contributed by atoms with Gasteiger partial charge in [-0.3, -0.25) is 9.59 Å². The summed E-state index contributed by atoms with van der Waals surface area (Å²) in [5.74, 6) is 0.0918. The fraction of sp³-hybridized carbons (Fsp3) is 0.500. The molecule has 2 heterocycles. The van der Waals surface area contributed by atoms with Crippen LogP contribution in [0.5, 0.6) is 0 Å². The topological polar surface area (TPSA) is 71.5 Å². The van der Waals surface area contributed by atoms with Crippen molar-refractivity contribution in [3.8, 4) is 0 Å². The van der Waals surface area contributed by atoms with Gasteiger partial charge in [-0.25, -0.2) is 4.98 Å². The Morgan fingerprint density at radius 3 is 3.00 bits per heavy atom. The third-order valence-corrected chi connectivity index (χ3v) is 3.51. The Bertz CT molecular complexity index is 504. The predicted octanol–water partition coefficient (Wildman–Crippen LogP) is 0.831. The number of pyridine rings is 1. The van der Waals surface area contributed by atoms with Crippen LogP contribution < -0.4 is 10.2 Å². The van der Waals surface area contributed by atoms with Gasteiger partial charge in [-0.1, -0.05) is 0 Å². The molecule has 1 atom stereocenters. The lowest BCUT2D eigenvalue weighted by Gasteiger charge is -2.33. The standard InChI is InChI=1S/C14H19N3O3/c1-15-13(18)11-6-3-7-16-12(11)17-8-4-5-10(9-17)14(19)20-2/h3,6-7,10H,4-5,8-9H2,1-2H3,(H,15,18)/t10-/m1/s1. The minimum Gasteiger partial charge on any atom is -0.469 e. The minimum atomic E-state index is -0.202. The Hall–Kier alpha value is -2.11. The van der Waals surface area contributed by atoms with Crippen LogP contribution in [0.25, 0.3) is 0 Å². The molecule has 0 aliphatic carbocycles. The first-order valence-electron chi connectivity index (χ1n) is 6.67. The number of rotatable bonds is 3. The van der Waals surface area contributed by atoms with Crippen molar-refractivity contribution in [3.05, 3.63) is 23.9 Å². The average Bonchev–Trinajstić information content (AvgIpc) is 2.53. The summed E-state index contributed by atoms with van der Waals surface area (Å²) >= 11 is 0. The van der Waals surface area contributed by atoms with E-state index in [0.717, 1.165) is 19.4 Å². The number of ether oxygens (including phenoxy) is 1. The van der Waals surface area contributed by atoms with Crippen LogP contribution in [0.1, 0.15) is 23.2 Å². The van der Waals surface area contributed by atoms with Crippen molar-refractivity contribution in [3.63, 3.8) is 0 Å². The normalized spacial score (nSPS) is 18.5. The van der Waals surface area contributed by atoms with E-state index in [1.165, 1.54) is 7.11 Å². The van der Waals surface area contributed by atoms with E-state index in [4.69, 9.17) is 4.74 Å². The van der Waals surface area contributed by atoms with E-state index in [1.54, 1.807) is 25.4 Å². The maximum absolute atomic E-state index is 11.9. The van der Waals surface area contributed by atoms with Crippen molar-refractivity contribution >= 4 is 17.7 Å². The molecule has 0 aromatic carbocycles. The highest BCUT2D eigenvalue weighted by atomic mass is 16.5. The number of nitrogens with zero attached hydrogens (tertiary/aromatic N) is 2. The van der Waals surface area contributed by atoms with Crippen molar-refractivity contribution in [2.45, 2.75) is 12.8 Å². The molecule has 108 valence electrons. The number of hydrogen-bond acceptors (Lipinski definition) is 5. The van der Waals surface area contributed by atoms with Gasteiger partial charge in [-0.15, -0.1) is 0 Å². The Morgan fingerprint density at radius 1 is 1.50 bits per heavy atom. The number of methoxy groups -OCH3 is 1. The lowest BCUT2D eigenvalue weighted by atomic mass is 9.98. The summed E-state index contributed by atoms with van der Waals surface area (Å²) in [6.45, 7) is 1.32. The van der Waals surface area contributed by atoms with Crippen LogP contribution in [0, 0.1) is 5.92 Å². The summed E-state index contributed by atoms with van der Waals surface area (Å²) in [5, 5.41) is 2.61. The molecule has 1 amide bonds. The van der Waals surface area contributed by atoms with Gasteiger partial charge >= 0.3 is 5.97 Å². The molecule has 1 aromatic heterocycles. The number of piperidine rings is 1. The Labute approximate surface area is 118 Å². The predicted molar refractivity (Wildman–Crippen MR) is 74.6 cm³/mol. The van der Waals surface area contributed by atoms with Crippen LogP contribution in [-0.4, -0.2) is 44.1 Å². The smallest absolute Gasteiger partial charge is 0.310 e. The Morgan fingerprint density at radius 2 is 2.30 bits per heavy atom.